The fourth-order valence-electron chi connectivity index (χ4n) is 3.74. The molecule has 0 aromatic heterocycles. The molecule has 2 amide bonds. The summed E-state index contributed by atoms with van der Waals surface area (Å²) in [5.74, 6) is -1.67. The molecule has 2 aliphatic rings. The van der Waals surface area contributed by atoms with Gasteiger partial charge in [-0.3, -0.25) is 9.59 Å². The Balaban J connectivity index is 1.40. The molecule has 2 rings (SSSR count). The van der Waals surface area contributed by atoms with Crippen molar-refractivity contribution >= 4 is 11.8 Å². The summed E-state index contributed by atoms with van der Waals surface area (Å²) in [5.41, 5.74) is 0. The summed E-state index contributed by atoms with van der Waals surface area (Å²) in [6.45, 7) is 5.36. The van der Waals surface area contributed by atoms with E-state index in [-0.39, 0.29) is 37.2 Å². The smallest absolute Gasteiger partial charge is 0.220 e. The SMILES string of the molecule is CC1(CCC(=O)NCCCCCCNC(=O)CCC2(C)OCC(CO)O2)OCC(CO)O1. The molecule has 0 aliphatic carbocycles. The molecule has 2 fully saturated rings. The van der Waals surface area contributed by atoms with Crippen molar-refractivity contribution in [1.82, 2.24) is 10.6 Å². The van der Waals surface area contributed by atoms with Crippen molar-refractivity contribution in [3.05, 3.63) is 0 Å². The number of rotatable bonds is 15. The molecule has 0 aromatic rings. The van der Waals surface area contributed by atoms with Gasteiger partial charge < -0.3 is 39.8 Å². The zero-order chi connectivity index (χ0) is 23.5. The first-order valence-electron chi connectivity index (χ1n) is 11.7. The van der Waals surface area contributed by atoms with Gasteiger partial charge in [0.1, 0.15) is 12.2 Å². The van der Waals surface area contributed by atoms with Crippen molar-refractivity contribution in [3.63, 3.8) is 0 Å². The molecule has 10 nitrogen and oxygen atoms in total. The fourth-order valence-corrected chi connectivity index (χ4v) is 3.74. The molecule has 0 aromatic carbocycles. The Hall–Kier alpha value is -1.30. The second-order valence-electron chi connectivity index (χ2n) is 8.85. The number of amides is 2. The third kappa shape index (κ3) is 9.68. The Morgan fingerprint density at radius 1 is 0.781 bits per heavy atom. The van der Waals surface area contributed by atoms with Crippen LogP contribution in [0.2, 0.25) is 0 Å². The minimum Gasteiger partial charge on any atom is -0.394 e. The predicted octanol–water partition coefficient (Wildman–Crippen LogP) is 0.587. The summed E-state index contributed by atoms with van der Waals surface area (Å²) < 4.78 is 22.3. The molecule has 4 unspecified atom stereocenters. The van der Waals surface area contributed by atoms with Gasteiger partial charge in [0.25, 0.3) is 0 Å². The maximum absolute atomic E-state index is 12.0. The topological polar surface area (TPSA) is 136 Å². The van der Waals surface area contributed by atoms with Crippen LogP contribution in [0.15, 0.2) is 0 Å². The number of nitrogens with one attached hydrogen (secondary N) is 2. The summed E-state index contributed by atoms with van der Waals surface area (Å²) >= 11 is 0. The van der Waals surface area contributed by atoms with Crippen molar-refractivity contribution in [3.8, 4) is 0 Å². The molecule has 2 saturated heterocycles. The molecule has 32 heavy (non-hydrogen) atoms. The number of unbranched alkanes of at least 4 members (excludes halogenated alkanes) is 3. The van der Waals surface area contributed by atoms with E-state index in [0.29, 0.717) is 52.0 Å². The highest BCUT2D eigenvalue weighted by molar-refractivity contribution is 5.76. The van der Waals surface area contributed by atoms with E-state index < -0.39 is 11.6 Å². The third-order valence-corrected chi connectivity index (χ3v) is 5.75. The maximum atomic E-state index is 12.0. The molecule has 0 radical (unpaired) electrons. The van der Waals surface area contributed by atoms with Gasteiger partial charge in [0.15, 0.2) is 11.6 Å². The maximum Gasteiger partial charge on any atom is 0.220 e. The third-order valence-electron chi connectivity index (χ3n) is 5.75. The van der Waals surface area contributed by atoms with Crippen LogP contribution in [0.5, 0.6) is 0 Å². The van der Waals surface area contributed by atoms with Crippen LogP contribution < -0.4 is 10.6 Å². The zero-order valence-corrected chi connectivity index (χ0v) is 19.4. The van der Waals surface area contributed by atoms with E-state index >= 15 is 0 Å². The Labute approximate surface area is 190 Å². The van der Waals surface area contributed by atoms with Crippen molar-refractivity contribution in [2.24, 2.45) is 0 Å². The largest absolute Gasteiger partial charge is 0.394 e. The van der Waals surface area contributed by atoms with E-state index in [9.17, 15) is 9.59 Å². The highest BCUT2D eigenvalue weighted by Crippen LogP contribution is 2.28. The lowest BCUT2D eigenvalue weighted by molar-refractivity contribution is -0.165. The van der Waals surface area contributed by atoms with E-state index in [4.69, 9.17) is 29.2 Å². The average molecular weight is 461 g/mol. The standard InChI is InChI=1S/C22H40N2O8/c1-21(29-15-17(13-25)31-21)9-7-19(27)23-11-5-3-4-6-12-24-20(28)8-10-22(2)30-16-18(14-26)32-22/h17-18,25-26H,3-16H2,1-2H3,(H,23,27)(H,24,28). The van der Waals surface area contributed by atoms with E-state index in [1.54, 1.807) is 13.8 Å². The fraction of sp³-hybridized carbons (Fsp3) is 0.909. The lowest BCUT2D eigenvalue weighted by atomic mass is 10.1. The molecule has 2 heterocycles. The van der Waals surface area contributed by atoms with E-state index in [1.165, 1.54) is 0 Å². The van der Waals surface area contributed by atoms with Crippen LogP contribution in [0.4, 0.5) is 0 Å². The minimum atomic E-state index is -0.800. The van der Waals surface area contributed by atoms with Gasteiger partial charge in [0.05, 0.1) is 26.4 Å². The monoisotopic (exact) mass is 460 g/mol. The quantitative estimate of drug-likeness (QED) is 0.261. The highest BCUT2D eigenvalue weighted by atomic mass is 16.8. The van der Waals surface area contributed by atoms with Gasteiger partial charge in [-0.05, 0) is 26.7 Å². The number of carbonyl (C=O) groups excluding carboxylic acids is 2. The van der Waals surface area contributed by atoms with Crippen molar-refractivity contribution in [2.75, 3.05) is 39.5 Å². The minimum absolute atomic E-state index is 0.0348. The second kappa shape index (κ2) is 13.4. The molecule has 186 valence electrons. The number of hydrogen-bond acceptors (Lipinski definition) is 8. The van der Waals surface area contributed by atoms with Gasteiger partial charge in [0.2, 0.25) is 11.8 Å². The summed E-state index contributed by atoms with van der Waals surface area (Å²) in [4.78, 5) is 23.9. The molecule has 0 spiro atoms. The van der Waals surface area contributed by atoms with E-state index in [0.717, 1.165) is 25.7 Å². The van der Waals surface area contributed by atoms with Gasteiger partial charge in [-0.1, -0.05) is 12.8 Å². The summed E-state index contributed by atoms with van der Waals surface area (Å²) in [7, 11) is 0. The van der Waals surface area contributed by atoms with Crippen LogP contribution in [0.3, 0.4) is 0 Å². The van der Waals surface area contributed by atoms with Gasteiger partial charge in [-0.2, -0.15) is 0 Å². The zero-order valence-electron chi connectivity index (χ0n) is 19.4. The molecule has 0 saturated carbocycles. The van der Waals surface area contributed by atoms with Crippen molar-refractivity contribution in [1.29, 1.82) is 0 Å². The lowest BCUT2D eigenvalue weighted by Crippen LogP contribution is -2.32. The molecule has 2 aliphatic heterocycles. The summed E-state index contributed by atoms with van der Waals surface area (Å²) in [5, 5.41) is 24.0. The van der Waals surface area contributed by atoms with Crippen LogP contribution in [0.25, 0.3) is 0 Å². The van der Waals surface area contributed by atoms with Crippen LogP contribution in [0, 0.1) is 0 Å². The van der Waals surface area contributed by atoms with E-state index in [2.05, 4.69) is 10.6 Å². The van der Waals surface area contributed by atoms with Crippen molar-refractivity contribution < 1.29 is 38.7 Å². The first kappa shape index (κ1) is 26.9. The molecule has 4 N–H and O–H groups in total. The molecule has 0 bridgehead atoms. The first-order chi connectivity index (χ1) is 15.3. The Morgan fingerprint density at radius 3 is 1.53 bits per heavy atom. The normalized spacial score (nSPS) is 29.9. The Morgan fingerprint density at radius 2 is 1.19 bits per heavy atom. The number of ether oxygens (including phenoxy) is 4. The second-order valence-corrected chi connectivity index (χ2v) is 8.85. The first-order valence-corrected chi connectivity index (χ1v) is 11.7. The Bertz CT molecular complexity index is 542. The number of hydrogen-bond donors (Lipinski definition) is 4. The van der Waals surface area contributed by atoms with Gasteiger partial charge in [-0.15, -0.1) is 0 Å². The number of aliphatic hydroxyl groups excluding tert-OH is 2. The van der Waals surface area contributed by atoms with Gasteiger partial charge in [0, 0.05) is 38.8 Å². The molecular formula is C22H40N2O8. The number of aliphatic hydroxyl groups is 2. The van der Waals surface area contributed by atoms with Crippen LogP contribution in [-0.2, 0) is 28.5 Å². The van der Waals surface area contributed by atoms with Crippen molar-refractivity contribution in [2.45, 2.75) is 89.0 Å². The van der Waals surface area contributed by atoms with Gasteiger partial charge >= 0.3 is 0 Å². The average Bonchev–Trinajstić information content (AvgIpc) is 3.36. The van der Waals surface area contributed by atoms with E-state index in [1.807, 2.05) is 0 Å². The lowest BCUT2D eigenvalue weighted by Gasteiger charge is -2.22. The Kier molecular flexibility index (Phi) is 11.3. The highest BCUT2D eigenvalue weighted by Gasteiger charge is 2.37. The number of carbonyl (C=O) groups is 2. The molecule has 4 atom stereocenters. The van der Waals surface area contributed by atoms with Crippen LogP contribution >= 0.6 is 0 Å². The summed E-state index contributed by atoms with van der Waals surface area (Å²) in [6.07, 6.45) is 4.62. The van der Waals surface area contributed by atoms with Crippen LogP contribution in [-0.4, -0.2) is 85.3 Å². The summed E-state index contributed by atoms with van der Waals surface area (Å²) in [6, 6.07) is 0. The predicted molar refractivity (Wildman–Crippen MR) is 116 cm³/mol. The molecule has 10 heteroatoms. The van der Waals surface area contributed by atoms with Gasteiger partial charge in [-0.25, -0.2) is 0 Å². The molecular weight excluding hydrogens is 420 g/mol. The van der Waals surface area contributed by atoms with Crippen LogP contribution in [0.1, 0.15) is 65.2 Å².